The molecule has 1 fully saturated rings. The van der Waals surface area contributed by atoms with Gasteiger partial charge in [0.25, 0.3) is 5.82 Å². The van der Waals surface area contributed by atoms with Crippen LogP contribution < -0.4 is 0 Å². The van der Waals surface area contributed by atoms with E-state index < -0.39 is 5.97 Å². The lowest BCUT2D eigenvalue weighted by atomic mass is 9.89. The summed E-state index contributed by atoms with van der Waals surface area (Å²) in [6.45, 7) is 5.04. The van der Waals surface area contributed by atoms with Crippen molar-refractivity contribution in [2.75, 3.05) is 20.2 Å². The van der Waals surface area contributed by atoms with Crippen molar-refractivity contribution in [3.05, 3.63) is 12.2 Å². The Balaban J connectivity index is 1.91. The first-order chi connectivity index (χ1) is 10.2. The Labute approximate surface area is 126 Å². The van der Waals surface area contributed by atoms with Gasteiger partial charge in [0.05, 0.1) is 13.8 Å². The van der Waals surface area contributed by atoms with E-state index in [1.807, 2.05) is 0 Å². The zero-order chi connectivity index (χ0) is 15.1. The van der Waals surface area contributed by atoms with Crippen molar-refractivity contribution in [3.63, 3.8) is 0 Å². The standard InChI is InChI=1S/C15H26N4O2/c1-3-9-18(10-13-7-5-4-6-8-13)12-19-11-16-14(17-19)15(20)21-2/h11,13H,3-10,12H2,1-2H3. The number of rotatable bonds is 7. The van der Waals surface area contributed by atoms with Gasteiger partial charge < -0.3 is 4.74 Å². The van der Waals surface area contributed by atoms with Crippen LogP contribution in [0.1, 0.15) is 56.1 Å². The number of aromatic nitrogens is 3. The molecule has 0 N–H and O–H groups in total. The van der Waals surface area contributed by atoms with Gasteiger partial charge in [0.2, 0.25) is 0 Å². The van der Waals surface area contributed by atoms with E-state index in [0.29, 0.717) is 6.67 Å². The van der Waals surface area contributed by atoms with Gasteiger partial charge in [-0.2, -0.15) is 0 Å². The Bertz CT molecular complexity index is 441. The molecule has 0 atom stereocenters. The fourth-order valence-electron chi connectivity index (χ4n) is 3.02. The molecule has 0 radical (unpaired) electrons. The Morgan fingerprint density at radius 3 is 2.86 bits per heavy atom. The predicted molar refractivity (Wildman–Crippen MR) is 79.8 cm³/mol. The molecular weight excluding hydrogens is 268 g/mol. The Kier molecular flexibility index (Phi) is 6.17. The van der Waals surface area contributed by atoms with Crippen LogP contribution >= 0.6 is 0 Å². The summed E-state index contributed by atoms with van der Waals surface area (Å²) in [5.41, 5.74) is 0. The molecule has 21 heavy (non-hydrogen) atoms. The SMILES string of the molecule is CCCN(CC1CCCCC1)Cn1cnc(C(=O)OC)n1. The Morgan fingerprint density at radius 1 is 1.43 bits per heavy atom. The minimum Gasteiger partial charge on any atom is -0.463 e. The quantitative estimate of drug-likeness (QED) is 0.722. The van der Waals surface area contributed by atoms with Crippen molar-refractivity contribution in [1.82, 2.24) is 19.7 Å². The van der Waals surface area contributed by atoms with E-state index in [9.17, 15) is 4.79 Å². The molecule has 2 rings (SSSR count). The molecule has 0 aliphatic heterocycles. The minimum atomic E-state index is -0.483. The number of hydrogen-bond donors (Lipinski definition) is 0. The van der Waals surface area contributed by atoms with Gasteiger partial charge in [-0.25, -0.2) is 14.5 Å². The molecule has 6 nitrogen and oxygen atoms in total. The smallest absolute Gasteiger partial charge is 0.377 e. The zero-order valence-electron chi connectivity index (χ0n) is 13.1. The van der Waals surface area contributed by atoms with Crippen LogP contribution in [-0.4, -0.2) is 45.8 Å². The maximum Gasteiger partial charge on any atom is 0.377 e. The molecule has 1 aromatic heterocycles. The van der Waals surface area contributed by atoms with Gasteiger partial charge in [-0.05, 0) is 31.7 Å². The Morgan fingerprint density at radius 2 is 2.19 bits per heavy atom. The summed E-state index contributed by atoms with van der Waals surface area (Å²) in [4.78, 5) is 17.8. The molecule has 1 saturated carbocycles. The van der Waals surface area contributed by atoms with E-state index >= 15 is 0 Å². The van der Waals surface area contributed by atoms with Crippen LogP contribution in [0.2, 0.25) is 0 Å². The molecule has 1 heterocycles. The number of esters is 1. The molecule has 0 amide bonds. The second-order valence-electron chi connectivity index (χ2n) is 5.82. The van der Waals surface area contributed by atoms with E-state index in [4.69, 9.17) is 0 Å². The van der Waals surface area contributed by atoms with Gasteiger partial charge in [0.15, 0.2) is 0 Å². The van der Waals surface area contributed by atoms with Crippen LogP contribution in [-0.2, 0) is 11.4 Å². The topological polar surface area (TPSA) is 60.2 Å². The summed E-state index contributed by atoms with van der Waals surface area (Å²) in [6.07, 6.45) is 9.51. The lowest BCUT2D eigenvalue weighted by molar-refractivity contribution is 0.0585. The highest BCUT2D eigenvalue weighted by Crippen LogP contribution is 2.24. The molecule has 1 aromatic rings. The van der Waals surface area contributed by atoms with Crippen molar-refractivity contribution in [2.45, 2.75) is 52.1 Å². The number of ether oxygens (including phenoxy) is 1. The summed E-state index contributed by atoms with van der Waals surface area (Å²) in [5, 5.41) is 4.19. The van der Waals surface area contributed by atoms with Gasteiger partial charge in [-0.15, -0.1) is 5.10 Å². The molecule has 0 bridgehead atoms. The van der Waals surface area contributed by atoms with Gasteiger partial charge in [-0.3, -0.25) is 4.90 Å². The molecule has 1 aliphatic carbocycles. The highest BCUT2D eigenvalue weighted by molar-refractivity contribution is 5.84. The van der Waals surface area contributed by atoms with Gasteiger partial charge in [0, 0.05) is 6.54 Å². The van der Waals surface area contributed by atoms with Crippen molar-refractivity contribution in [1.29, 1.82) is 0 Å². The fraction of sp³-hybridized carbons (Fsp3) is 0.800. The van der Waals surface area contributed by atoms with E-state index in [2.05, 4.69) is 26.6 Å². The third kappa shape index (κ3) is 4.81. The van der Waals surface area contributed by atoms with Crippen LogP contribution in [0.4, 0.5) is 0 Å². The highest BCUT2D eigenvalue weighted by Gasteiger charge is 2.18. The molecule has 0 saturated heterocycles. The van der Waals surface area contributed by atoms with Crippen LogP contribution in [0.3, 0.4) is 0 Å². The normalized spacial score (nSPS) is 16.3. The van der Waals surface area contributed by atoms with Crippen molar-refractivity contribution < 1.29 is 9.53 Å². The lowest BCUT2D eigenvalue weighted by Gasteiger charge is -2.29. The summed E-state index contributed by atoms with van der Waals surface area (Å²) in [7, 11) is 1.34. The molecular formula is C15H26N4O2. The number of hydrogen-bond acceptors (Lipinski definition) is 5. The first kappa shape index (κ1) is 15.9. The predicted octanol–water partition coefficient (Wildman–Crippen LogP) is 2.31. The first-order valence-corrected chi connectivity index (χ1v) is 7.93. The molecule has 118 valence electrons. The van der Waals surface area contributed by atoms with Crippen molar-refractivity contribution in [3.8, 4) is 0 Å². The van der Waals surface area contributed by atoms with Crippen molar-refractivity contribution >= 4 is 5.97 Å². The minimum absolute atomic E-state index is 0.131. The average Bonchev–Trinajstić information content (AvgIpc) is 2.96. The van der Waals surface area contributed by atoms with Gasteiger partial charge in [-0.1, -0.05) is 26.2 Å². The first-order valence-electron chi connectivity index (χ1n) is 7.93. The molecule has 0 unspecified atom stereocenters. The van der Waals surface area contributed by atoms with Crippen LogP contribution in [0, 0.1) is 5.92 Å². The van der Waals surface area contributed by atoms with Crippen LogP contribution in [0.5, 0.6) is 0 Å². The third-order valence-corrected chi connectivity index (χ3v) is 4.03. The lowest BCUT2D eigenvalue weighted by Crippen LogP contribution is -2.33. The second-order valence-corrected chi connectivity index (χ2v) is 5.82. The largest absolute Gasteiger partial charge is 0.463 e. The van der Waals surface area contributed by atoms with Gasteiger partial charge in [0.1, 0.15) is 6.33 Å². The van der Waals surface area contributed by atoms with E-state index in [1.165, 1.54) is 39.2 Å². The summed E-state index contributed by atoms with van der Waals surface area (Å²) >= 11 is 0. The molecule has 6 heteroatoms. The fourth-order valence-corrected chi connectivity index (χ4v) is 3.02. The van der Waals surface area contributed by atoms with Crippen LogP contribution in [0.25, 0.3) is 0 Å². The highest BCUT2D eigenvalue weighted by atomic mass is 16.5. The summed E-state index contributed by atoms with van der Waals surface area (Å²) in [5.74, 6) is 0.448. The molecule has 0 spiro atoms. The maximum absolute atomic E-state index is 11.4. The monoisotopic (exact) mass is 294 g/mol. The number of carbonyl (C=O) groups is 1. The van der Waals surface area contributed by atoms with Crippen LogP contribution in [0.15, 0.2) is 6.33 Å². The second kappa shape index (κ2) is 8.12. The van der Waals surface area contributed by atoms with Gasteiger partial charge >= 0.3 is 5.97 Å². The molecule has 1 aliphatic rings. The summed E-state index contributed by atoms with van der Waals surface area (Å²) in [6, 6.07) is 0. The maximum atomic E-state index is 11.4. The number of nitrogens with zero attached hydrogens (tertiary/aromatic N) is 4. The van der Waals surface area contributed by atoms with E-state index in [-0.39, 0.29) is 5.82 Å². The average molecular weight is 294 g/mol. The Hall–Kier alpha value is -1.43. The summed E-state index contributed by atoms with van der Waals surface area (Å²) < 4.78 is 6.36. The van der Waals surface area contributed by atoms with E-state index in [0.717, 1.165) is 25.4 Å². The van der Waals surface area contributed by atoms with Crippen molar-refractivity contribution in [2.24, 2.45) is 5.92 Å². The zero-order valence-corrected chi connectivity index (χ0v) is 13.1. The molecule has 0 aromatic carbocycles. The third-order valence-electron chi connectivity index (χ3n) is 4.03. The number of methoxy groups -OCH3 is 1. The number of carbonyl (C=O) groups excluding carboxylic acids is 1. The van der Waals surface area contributed by atoms with E-state index in [1.54, 1.807) is 11.0 Å².